The van der Waals surface area contributed by atoms with Gasteiger partial charge in [-0.1, -0.05) is 35.9 Å². The van der Waals surface area contributed by atoms with Crippen LogP contribution in [0, 0.1) is 0 Å². The predicted octanol–water partition coefficient (Wildman–Crippen LogP) is 2.84. The highest BCUT2D eigenvalue weighted by molar-refractivity contribution is 5.99. The molecule has 1 N–H and O–H groups in total. The van der Waals surface area contributed by atoms with Crippen molar-refractivity contribution in [2.24, 2.45) is 0 Å². The molecule has 2 rings (SSSR count). The Kier molecular flexibility index (Phi) is 4.13. The van der Waals surface area contributed by atoms with E-state index in [-0.39, 0.29) is 5.91 Å². The number of allylic oxidation sites excluding steroid dienone is 1. The van der Waals surface area contributed by atoms with E-state index in [2.05, 4.69) is 10.4 Å². The smallest absolute Gasteiger partial charge is 0.248 e. The zero-order chi connectivity index (χ0) is 13.7. The van der Waals surface area contributed by atoms with Gasteiger partial charge in [0.2, 0.25) is 5.91 Å². The third-order valence-corrected chi connectivity index (χ3v) is 2.51. The lowest BCUT2D eigenvalue weighted by Crippen LogP contribution is -2.07. The number of aromatic nitrogens is 2. The maximum atomic E-state index is 11.6. The van der Waals surface area contributed by atoms with E-state index in [1.54, 1.807) is 17.0 Å². The minimum Gasteiger partial charge on any atom is -0.320 e. The molecule has 0 unspecified atom stereocenters. The molecule has 19 heavy (non-hydrogen) atoms. The molecule has 4 heteroatoms. The highest BCUT2D eigenvalue weighted by Crippen LogP contribution is 2.08. The summed E-state index contributed by atoms with van der Waals surface area (Å²) in [7, 11) is 0. The van der Waals surface area contributed by atoms with Crippen molar-refractivity contribution < 1.29 is 4.79 Å². The normalized spacial score (nSPS) is 10.0. The first kappa shape index (κ1) is 13.1. The molecule has 0 aliphatic rings. The largest absolute Gasteiger partial charge is 0.320 e. The molecule has 0 aliphatic heterocycles. The summed E-state index contributed by atoms with van der Waals surface area (Å²) in [6.07, 6.45) is 5.04. The zero-order valence-electron chi connectivity index (χ0n) is 11.1. The van der Waals surface area contributed by atoms with Gasteiger partial charge in [0.05, 0.1) is 18.4 Å². The summed E-state index contributed by atoms with van der Waals surface area (Å²) in [5, 5.41) is 7.01. The lowest BCUT2D eigenvalue weighted by atomic mass is 10.2. The minimum atomic E-state index is -0.126. The van der Waals surface area contributed by atoms with Crippen LogP contribution in [0.15, 0.2) is 54.4 Å². The van der Waals surface area contributed by atoms with Crippen molar-refractivity contribution in [1.29, 1.82) is 0 Å². The standard InChI is InChI=1S/C15H17N3O/c1-12(2)8-15(19)17-14-9-16-18(11-14)10-13-6-4-3-5-7-13/h3-9,11H,10H2,1-2H3,(H,17,19). The van der Waals surface area contributed by atoms with Crippen LogP contribution in [-0.2, 0) is 11.3 Å². The highest BCUT2D eigenvalue weighted by Gasteiger charge is 2.02. The molecule has 1 aromatic heterocycles. The Hall–Kier alpha value is -2.36. The lowest BCUT2D eigenvalue weighted by molar-refractivity contribution is -0.111. The van der Waals surface area contributed by atoms with Crippen LogP contribution >= 0.6 is 0 Å². The zero-order valence-corrected chi connectivity index (χ0v) is 11.1. The fourth-order valence-corrected chi connectivity index (χ4v) is 1.73. The second-order valence-electron chi connectivity index (χ2n) is 4.62. The van der Waals surface area contributed by atoms with Crippen LogP contribution < -0.4 is 5.32 Å². The Morgan fingerprint density at radius 2 is 2.05 bits per heavy atom. The van der Waals surface area contributed by atoms with Gasteiger partial charge in [0.25, 0.3) is 0 Å². The van der Waals surface area contributed by atoms with Crippen molar-refractivity contribution >= 4 is 11.6 Å². The van der Waals surface area contributed by atoms with Crippen molar-refractivity contribution in [2.75, 3.05) is 5.32 Å². The van der Waals surface area contributed by atoms with E-state index in [1.165, 1.54) is 5.56 Å². The molecule has 0 bridgehead atoms. The van der Waals surface area contributed by atoms with E-state index >= 15 is 0 Å². The van der Waals surface area contributed by atoms with Crippen molar-refractivity contribution in [3.05, 3.63) is 59.9 Å². The van der Waals surface area contributed by atoms with Crippen LogP contribution in [0.25, 0.3) is 0 Å². The summed E-state index contributed by atoms with van der Waals surface area (Å²) in [4.78, 5) is 11.6. The van der Waals surface area contributed by atoms with Gasteiger partial charge in [-0.05, 0) is 19.4 Å². The Balaban J connectivity index is 2.00. The van der Waals surface area contributed by atoms with Crippen LogP contribution in [-0.4, -0.2) is 15.7 Å². The number of hydrogen-bond donors (Lipinski definition) is 1. The Morgan fingerprint density at radius 1 is 1.32 bits per heavy atom. The van der Waals surface area contributed by atoms with Crippen molar-refractivity contribution in [2.45, 2.75) is 20.4 Å². The minimum absolute atomic E-state index is 0.126. The van der Waals surface area contributed by atoms with Gasteiger partial charge in [-0.15, -0.1) is 0 Å². The molecule has 98 valence electrons. The summed E-state index contributed by atoms with van der Waals surface area (Å²) >= 11 is 0. The third-order valence-electron chi connectivity index (χ3n) is 2.51. The third kappa shape index (κ3) is 4.10. The molecule has 2 aromatic rings. The van der Waals surface area contributed by atoms with Gasteiger partial charge in [0.1, 0.15) is 0 Å². The van der Waals surface area contributed by atoms with Gasteiger partial charge in [0, 0.05) is 12.3 Å². The number of hydrogen-bond acceptors (Lipinski definition) is 2. The summed E-state index contributed by atoms with van der Waals surface area (Å²) in [6.45, 7) is 4.47. The van der Waals surface area contributed by atoms with Crippen molar-refractivity contribution in [3.8, 4) is 0 Å². The van der Waals surface area contributed by atoms with E-state index in [0.717, 1.165) is 5.57 Å². The molecular weight excluding hydrogens is 238 g/mol. The monoisotopic (exact) mass is 255 g/mol. The Bertz CT molecular complexity index is 580. The summed E-state index contributed by atoms with van der Waals surface area (Å²) in [5.74, 6) is -0.126. The van der Waals surface area contributed by atoms with Gasteiger partial charge in [-0.25, -0.2) is 0 Å². The van der Waals surface area contributed by atoms with E-state index in [9.17, 15) is 4.79 Å². The fraction of sp³-hybridized carbons (Fsp3) is 0.200. The van der Waals surface area contributed by atoms with Crippen LogP contribution in [0.2, 0.25) is 0 Å². The van der Waals surface area contributed by atoms with Crippen molar-refractivity contribution in [1.82, 2.24) is 9.78 Å². The van der Waals surface area contributed by atoms with Crippen LogP contribution in [0.4, 0.5) is 5.69 Å². The van der Waals surface area contributed by atoms with Crippen LogP contribution in [0.1, 0.15) is 19.4 Å². The number of rotatable bonds is 4. The van der Waals surface area contributed by atoms with E-state index in [0.29, 0.717) is 12.2 Å². The molecule has 0 spiro atoms. The van der Waals surface area contributed by atoms with Gasteiger partial charge in [0.15, 0.2) is 0 Å². The molecule has 0 aliphatic carbocycles. The number of carbonyl (C=O) groups excluding carboxylic acids is 1. The number of benzene rings is 1. The molecule has 0 saturated carbocycles. The van der Waals surface area contributed by atoms with E-state index < -0.39 is 0 Å². The lowest BCUT2D eigenvalue weighted by Gasteiger charge is -2.01. The Labute approximate surface area is 112 Å². The van der Waals surface area contributed by atoms with Crippen molar-refractivity contribution in [3.63, 3.8) is 0 Å². The number of anilines is 1. The number of nitrogens with zero attached hydrogens (tertiary/aromatic N) is 2. The molecule has 0 fully saturated rings. The Morgan fingerprint density at radius 3 is 2.74 bits per heavy atom. The summed E-state index contributed by atoms with van der Waals surface area (Å²) in [6, 6.07) is 10.1. The molecule has 1 amide bonds. The SMILES string of the molecule is CC(C)=CC(=O)Nc1cnn(Cc2ccccc2)c1. The quantitative estimate of drug-likeness (QED) is 0.854. The fourth-order valence-electron chi connectivity index (χ4n) is 1.73. The number of nitrogens with one attached hydrogen (secondary N) is 1. The van der Waals surface area contributed by atoms with Crippen LogP contribution in [0.5, 0.6) is 0 Å². The summed E-state index contributed by atoms with van der Waals surface area (Å²) < 4.78 is 1.80. The second kappa shape index (κ2) is 6.00. The first-order valence-corrected chi connectivity index (χ1v) is 6.16. The van der Waals surface area contributed by atoms with Crippen LogP contribution in [0.3, 0.4) is 0 Å². The first-order chi connectivity index (χ1) is 9.13. The van der Waals surface area contributed by atoms with Gasteiger partial charge in [-0.2, -0.15) is 5.10 Å². The van der Waals surface area contributed by atoms with Gasteiger partial charge in [-0.3, -0.25) is 9.48 Å². The average molecular weight is 255 g/mol. The highest BCUT2D eigenvalue weighted by atomic mass is 16.1. The maximum absolute atomic E-state index is 11.6. The molecule has 1 aromatic carbocycles. The maximum Gasteiger partial charge on any atom is 0.248 e. The van der Waals surface area contributed by atoms with E-state index in [1.807, 2.05) is 50.4 Å². The topological polar surface area (TPSA) is 46.9 Å². The molecule has 4 nitrogen and oxygen atoms in total. The molecule has 0 saturated heterocycles. The first-order valence-electron chi connectivity index (χ1n) is 6.16. The predicted molar refractivity (Wildman–Crippen MR) is 75.8 cm³/mol. The van der Waals surface area contributed by atoms with Gasteiger partial charge >= 0.3 is 0 Å². The van der Waals surface area contributed by atoms with E-state index in [4.69, 9.17) is 0 Å². The second-order valence-corrected chi connectivity index (χ2v) is 4.62. The number of amides is 1. The average Bonchev–Trinajstić information content (AvgIpc) is 2.76. The molecular formula is C15H17N3O. The number of carbonyl (C=O) groups is 1. The molecule has 0 radical (unpaired) electrons. The van der Waals surface area contributed by atoms with Gasteiger partial charge < -0.3 is 5.32 Å². The summed E-state index contributed by atoms with van der Waals surface area (Å²) in [5.41, 5.74) is 2.85. The molecule has 0 atom stereocenters. The molecule has 1 heterocycles.